The summed E-state index contributed by atoms with van der Waals surface area (Å²) in [5, 5.41) is 21.5. The first-order valence-corrected chi connectivity index (χ1v) is 36.6. The maximum absolute atomic E-state index is 13.5. The minimum atomic E-state index is -0.711. The molecule has 2 aromatic carbocycles. The van der Waals surface area contributed by atoms with Crippen molar-refractivity contribution in [2.75, 3.05) is 73.5 Å². The molecule has 0 bridgehead atoms. The van der Waals surface area contributed by atoms with Gasteiger partial charge in [-0.15, -0.1) is 0 Å². The van der Waals surface area contributed by atoms with Gasteiger partial charge in [0, 0.05) is 176 Å². The molecule has 586 valence electrons. The Bertz CT molecular complexity index is 4620. The van der Waals surface area contributed by atoms with Crippen molar-refractivity contribution in [2.24, 2.45) is 42.3 Å². The van der Waals surface area contributed by atoms with E-state index >= 15 is 0 Å². The van der Waals surface area contributed by atoms with Crippen LogP contribution >= 0.6 is 0 Å². The maximum atomic E-state index is 13.5. The van der Waals surface area contributed by atoms with E-state index in [4.69, 9.17) is 4.74 Å². The van der Waals surface area contributed by atoms with E-state index in [0.717, 1.165) is 44.2 Å². The molecule has 0 aliphatic heterocycles. The van der Waals surface area contributed by atoms with E-state index in [0.29, 0.717) is 78.9 Å². The Labute approximate surface area is 638 Å². The highest BCUT2D eigenvalue weighted by Crippen LogP contribution is 2.22. The van der Waals surface area contributed by atoms with Crippen molar-refractivity contribution in [1.29, 1.82) is 0 Å². The zero-order valence-corrected chi connectivity index (χ0v) is 63.6. The summed E-state index contributed by atoms with van der Waals surface area (Å²) in [5.41, 5.74) is 4.41. The van der Waals surface area contributed by atoms with Gasteiger partial charge in [-0.25, -0.2) is 15.0 Å². The number of nitrogens with one attached hydrogen (secondary N) is 8. The van der Waals surface area contributed by atoms with E-state index in [1.165, 1.54) is 56.2 Å². The molecule has 8 aromatic rings. The summed E-state index contributed by atoms with van der Waals surface area (Å²) in [6, 6.07) is 20.8. The number of aryl methyl sites for hydroxylation is 6. The third-order valence-corrected chi connectivity index (χ3v) is 17.7. The maximum Gasteiger partial charge on any atom is 0.292 e. The van der Waals surface area contributed by atoms with E-state index in [9.17, 15) is 62.3 Å². The number of amides is 8. The van der Waals surface area contributed by atoms with Gasteiger partial charge < -0.3 is 79.6 Å². The SMILES string of the molecule is CN(C)CCCCC(=O)CCCC(=O)c1cc(CC(=O)c2cc(CC(=O)c3nc(NC(=O)CCCNC(=O)c4cc(NC(=O)c5nc(NC(=O)c6nc(NC(=O)CCNC(=O)CCNC(=O)c7ccc(NC(=O)CCCCCCC(=O)COCc8ccccc8)cc7)cn6C)cn5C)cn4C)cn3C)cn2C)cn1C.[HH]. The first-order valence-electron chi connectivity index (χ1n) is 36.6. The number of ether oxygens (including phenoxy) is 1. The average molecular weight is 1510 g/mol. The summed E-state index contributed by atoms with van der Waals surface area (Å²) >= 11 is 0. The van der Waals surface area contributed by atoms with Crippen LogP contribution in [0.4, 0.5) is 28.8 Å². The second-order valence-electron chi connectivity index (χ2n) is 27.4. The number of nitrogens with zero attached hydrogens (tertiary/aromatic N) is 10. The average Bonchev–Trinajstić information content (AvgIpc) is 1.68. The quantitative estimate of drug-likeness (QED) is 0.0134. The number of imidazole rings is 3. The third-order valence-electron chi connectivity index (χ3n) is 17.7. The Morgan fingerprint density at radius 3 is 1.55 bits per heavy atom. The summed E-state index contributed by atoms with van der Waals surface area (Å²) in [6.07, 6.45) is 16.4. The van der Waals surface area contributed by atoms with E-state index in [1.807, 2.05) is 44.4 Å². The van der Waals surface area contributed by atoms with Gasteiger partial charge >= 0.3 is 0 Å². The molecule has 0 aliphatic rings. The second-order valence-corrected chi connectivity index (χ2v) is 27.4. The van der Waals surface area contributed by atoms with E-state index in [-0.39, 0.29) is 154 Å². The van der Waals surface area contributed by atoms with Gasteiger partial charge in [0.1, 0.15) is 18.1 Å². The molecule has 8 amide bonds. The van der Waals surface area contributed by atoms with E-state index in [1.54, 1.807) is 93.2 Å². The number of aromatic nitrogens is 9. The number of unbranched alkanes of at least 4 members (excludes halogenated alkanes) is 4. The van der Waals surface area contributed by atoms with Crippen LogP contribution in [-0.2, 0) is 95.2 Å². The number of anilines is 5. The minimum Gasteiger partial charge on any atom is -0.369 e. The Hall–Kier alpha value is -12.1. The van der Waals surface area contributed by atoms with Crippen LogP contribution in [0.15, 0.2) is 110 Å². The molecule has 32 heteroatoms. The lowest BCUT2D eigenvalue weighted by atomic mass is 10.0. The highest BCUT2D eigenvalue weighted by molar-refractivity contribution is 6.06. The fourth-order valence-corrected chi connectivity index (χ4v) is 12.0. The number of benzene rings is 2. The minimum absolute atomic E-state index is 0. The van der Waals surface area contributed by atoms with Gasteiger partial charge in [0.2, 0.25) is 41.1 Å². The molecule has 0 atom stereocenters. The van der Waals surface area contributed by atoms with Crippen molar-refractivity contribution in [3.63, 3.8) is 0 Å². The normalized spacial score (nSPS) is 11.1. The topological polar surface area (TPSA) is 399 Å². The van der Waals surface area contributed by atoms with Gasteiger partial charge in [-0.3, -0.25) is 62.3 Å². The van der Waals surface area contributed by atoms with Crippen LogP contribution in [0.25, 0.3) is 0 Å². The lowest BCUT2D eigenvalue weighted by Gasteiger charge is -2.08. The number of carbonyl (C=O) groups is 13. The van der Waals surface area contributed by atoms with Gasteiger partial charge in [-0.05, 0) is 118 Å². The number of carbonyl (C=O) groups excluding carboxylic acids is 13. The van der Waals surface area contributed by atoms with Crippen molar-refractivity contribution < 1.29 is 68.5 Å². The predicted octanol–water partition coefficient (Wildman–Crippen LogP) is 7.64. The summed E-state index contributed by atoms with van der Waals surface area (Å²) in [4.78, 5) is 183. The van der Waals surface area contributed by atoms with Gasteiger partial charge in [0.25, 0.3) is 23.6 Å². The Morgan fingerprint density at radius 1 is 0.382 bits per heavy atom. The largest absolute Gasteiger partial charge is 0.369 e. The monoisotopic (exact) mass is 1510 g/mol. The molecule has 6 heterocycles. The van der Waals surface area contributed by atoms with Crippen molar-refractivity contribution in [1.82, 2.24) is 63.2 Å². The molecule has 0 fully saturated rings. The van der Waals surface area contributed by atoms with Crippen LogP contribution in [0.1, 0.15) is 195 Å². The van der Waals surface area contributed by atoms with Gasteiger partial charge in [0.15, 0.2) is 40.6 Å². The molecular weight excluding hydrogens is 1410 g/mol. The molecule has 0 saturated carbocycles. The third kappa shape index (κ3) is 26.4. The summed E-state index contributed by atoms with van der Waals surface area (Å²) < 4.78 is 14.6. The van der Waals surface area contributed by atoms with E-state index in [2.05, 4.69) is 62.4 Å². The van der Waals surface area contributed by atoms with Crippen LogP contribution in [0.5, 0.6) is 0 Å². The standard InChI is InChI=1S/C78H98N18O14.H2/c1-90(2)37-17-16-22-57(97)24-18-25-62(99)59-38-52(43-91(59)3)40-63(100)60-39-53(44-92(60)4)41-64(101)72-86-65(46-94(72)6)84-70(104)27-19-34-80-76(107)61-42-56(45-93(61)5)83-77(108)73-88-67(48-96(73)8)89-78(109)74-87-66(47-95(74)7)85-71(105)33-35-79-68(102)32-36-81-75(106)54-28-30-55(31-29-54)82-69(103)26-15-10-9-14-23-58(98)50-110-49-51-20-12-11-13-21-51;/h11-13,20-21,28-31,38-39,42-48H,9-10,14-19,22-27,32-37,40-41,49-50H2,1-8H3,(H,79,102)(H,80,107)(H,81,106)(H,82,103)(H,83,108)(H,84,104)(H,85,105)(H,89,109);1H. The lowest BCUT2D eigenvalue weighted by Crippen LogP contribution is -2.32. The Kier molecular flexibility index (Phi) is 31.4. The molecule has 0 radical (unpaired) electrons. The molecule has 0 saturated heterocycles. The van der Waals surface area contributed by atoms with Crippen LogP contribution in [0.3, 0.4) is 0 Å². The van der Waals surface area contributed by atoms with Crippen LogP contribution in [0, 0.1) is 0 Å². The van der Waals surface area contributed by atoms with Crippen molar-refractivity contribution in [3.8, 4) is 0 Å². The number of ketones is 5. The molecule has 0 aliphatic carbocycles. The van der Waals surface area contributed by atoms with Gasteiger partial charge in [0.05, 0.1) is 23.7 Å². The Morgan fingerprint density at radius 2 is 0.891 bits per heavy atom. The number of Topliss-reactive ketones (excluding diaryl/α,β-unsaturated/α-hetero) is 5. The smallest absolute Gasteiger partial charge is 0.292 e. The van der Waals surface area contributed by atoms with Crippen molar-refractivity contribution in [3.05, 3.63) is 167 Å². The zero-order valence-electron chi connectivity index (χ0n) is 63.6. The molecule has 0 unspecified atom stereocenters. The molecular formula is C78H100N18O14. The number of rotatable bonds is 46. The zero-order chi connectivity index (χ0) is 79.4. The molecule has 6 aromatic heterocycles. The molecule has 8 rings (SSSR count). The van der Waals surface area contributed by atoms with Gasteiger partial charge in [-0.2, -0.15) is 0 Å². The summed E-state index contributed by atoms with van der Waals surface area (Å²) in [6.45, 7) is 1.50. The highest BCUT2D eigenvalue weighted by Gasteiger charge is 2.25. The van der Waals surface area contributed by atoms with Crippen molar-refractivity contribution in [2.45, 2.75) is 122 Å². The predicted molar refractivity (Wildman–Crippen MR) is 413 cm³/mol. The number of hydrogen-bond acceptors (Lipinski definition) is 18. The first-order chi connectivity index (χ1) is 52.6. The second kappa shape index (κ2) is 41.3. The Balaban J connectivity index is 0.0000171. The molecule has 110 heavy (non-hydrogen) atoms. The molecule has 8 N–H and O–H groups in total. The van der Waals surface area contributed by atoms with Crippen LogP contribution in [0.2, 0.25) is 0 Å². The lowest BCUT2D eigenvalue weighted by molar-refractivity contribution is -0.124. The number of hydrogen-bond donors (Lipinski definition) is 8. The molecule has 0 spiro atoms. The molecule has 32 nitrogen and oxygen atoms in total. The van der Waals surface area contributed by atoms with Crippen LogP contribution in [-0.4, -0.2) is 170 Å². The van der Waals surface area contributed by atoms with Gasteiger partial charge in [-0.1, -0.05) is 43.2 Å². The fraction of sp³-hybridized carbons (Fsp3) is 0.410. The summed E-state index contributed by atoms with van der Waals surface area (Å²) in [7, 11) is 13.8. The van der Waals surface area contributed by atoms with E-state index < -0.39 is 41.4 Å². The fourth-order valence-electron chi connectivity index (χ4n) is 12.0. The summed E-state index contributed by atoms with van der Waals surface area (Å²) in [5.74, 6) is -4.12. The van der Waals surface area contributed by atoms with Crippen molar-refractivity contribution >= 4 is 105 Å². The highest BCUT2D eigenvalue weighted by atomic mass is 16.5. The first kappa shape index (κ1) is 83.6. The van der Waals surface area contributed by atoms with Crippen LogP contribution < -0.4 is 42.5 Å².